The van der Waals surface area contributed by atoms with Crippen LogP contribution in [0.3, 0.4) is 0 Å². The van der Waals surface area contributed by atoms with Gasteiger partial charge in [-0.1, -0.05) is 43.8 Å². The van der Waals surface area contributed by atoms with Gasteiger partial charge in [0.1, 0.15) is 0 Å². The van der Waals surface area contributed by atoms with Gasteiger partial charge in [0, 0.05) is 18.8 Å². The van der Waals surface area contributed by atoms with Crippen LogP contribution in [0.15, 0.2) is 52.2 Å². The normalized spacial score (nSPS) is 14.5. The summed E-state index contributed by atoms with van der Waals surface area (Å²) in [5, 5.41) is 9.18. The molecule has 1 aliphatic heterocycles. The Hall–Kier alpha value is -2.54. The first kappa shape index (κ1) is 18.8. The molecule has 4 rings (SSSR count). The van der Waals surface area contributed by atoms with E-state index in [1.54, 1.807) is 6.26 Å². The van der Waals surface area contributed by atoms with Crippen molar-refractivity contribution < 1.29 is 9.21 Å². The Morgan fingerprint density at radius 1 is 1.18 bits per heavy atom. The minimum Gasteiger partial charge on any atom is -0.461 e. The monoisotopic (exact) mass is 396 g/mol. The number of hydrogen-bond acceptors (Lipinski definition) is 5. The van der Waals surface area contributed by atoms with Crippen molar-refractivity contribution in [3.05, 3.63) is 48.2 Å². The molecule has 2 aromatic heterocycles. The third kappa shape index (κ3) is 3.58. The molecule has 0 N–H and O–H groups in total. The second-order valence-electron chi connectivity index (χ2n) is 7.42. The van der Waals surface area contributed by atoms with E-state index in [1.165, 1.54) is 17.3 Å². The Labute approximate surface area is 168 Å². The van der Waals surface area contributed by atoms with Crippen molar-refractivity contribution in [2.24, 2.45) is 5.92 Å². The predicted molar refractivity (Wildman–Crippen MR) is 110 cm³/mol. The first-order valence-corrected chi connectivity index (χ1v) is 10.5. The minimum absolute atomic E-state index is 0.105. The van der Waals surface area contributed by atoms with Crippen LogP contribution in [0.1, 0.15) is 26.3 Å². The number of thioether (sulfide) groups is 1. The molecule has 1 aromatic carbocycles. The summed E-state index contributed by atoms with van der Waals surface area (Å²) in [5.41, 5.74) is 2.26. The quantitative estimate of drug-likeness (QED) is 0.583. The molecule has 1 atom stereocenters. The lowest BCUT2D eigenvalue weighted by molar-refractivity contribution is -0.117. The SMILES string of the molecule is CC(C)Cn1c(SC(C)C(=O)N2CCc3ccccc32)nnc1-c1ccco1. The summed E-state index contributed by atoms with van der Waals surface area (Å²) in [4.78, 5) is 15.0. The second kappa shape index (κ2) is 7.83. The van der Waals surface area contributed by atoms with E-state index in [4.69, 9.17) is 4.42 Å². The number of furan rings is 1. The molecule has 3 heterocycles. The van der Waals surface area contributed by atoms with Gasteiger partial charge in [-0.25, -0.2) is 0 Å². The van der Waals surface area contributed by atoms with Gasteiger partial charge < -0.3 is 9.32 Å². The molecule has 0 saturated carbocycles. The molecule has 6 nitrogen and oxygen atoms in total. The molecule has 0 fully saturated rings. The molecule has 1 amide bonds. The maximum Gasteiger partial charge on any atom is 0.240 e. The van der Waals surface area contributed by atoms with Gasteiger partial charge in [0.05, 0.1) is 11.5 Å². The lowest BCUT2D eigenvalue weighted by Gasteiger charge is -2.21. The third-order valence-corrected chi connectivity index (χ3v) is 5.86. The van der Waals surface area contributed by atoms with E-state index in [0.29, 0.717) is 17.5 Å². The van der Waals surface area contributed by atoms with Crippen LogP contribution in [-0.4, -0.2) is 32.5 Å². The molecule has 1 aliphatic rings. The maximum atomic E-state index is 13.1. The van der Waals surface area contributed by atoms with Gasteiger partial charge in [-0.2, -0.15) is 0 Å². The molecule has 0 aliphatic carbocycles. The van der Waals surface area contributed by atoms with E-state index in [-0.39, 0.29) is 11.2 Å². The van der Waals surface area contributed by atoms with Crippen LogP contribution in [0.5, 0.6) is 0 Å². The molecule has 0 radical (unpaired) electrons. The number of rotatable bonds is 6. The largest absolute Gasteiger partial charge is 0.461 e. The number of nitrogens with zero attached hydrogens (tertiary/aromatic N) is 4. The summed E-state index contributed by atoms with van der Waals surface area (Å²) in [6.45, 7) is 7.74. The average Bonchev–Trinajstić information content (AvgIpc) is 3.41. The van der Waals surface area contributed by atoms with Gasteiger partial charge in [0.2, 0.25) is 5.91 Å². The zero-order chi connectivity index (χ0) is 19.7. The topological polar surface area (TPSA) is 64.2 Å². The zero-order valence-electron chi connectivity index (χ0n) is 16.3. The van der Waals surface area contributed by atoms with E-state index in [0.717, 1.165) is 30.4 Å². The Morgan fingerprint density at radius 2 is 2.00 bits per heavy atom. The van der Waals surface area contributed by atoms with Crippen LogP contribution in [0.4, 0.5) is 5.69 Å². The average molecular weight is 397 g/mol. The standard InChI is InChI=1S/C21H24N4O2S/c1-14(2)13-25-19(18-9-6-12-27-18)22-23-21(25)28-15(3)20(26)24-11-10-16-7-4-5-8-17(16)24/h4-9,12,14-15H,10-11,13H2,1-3H3. The number of carbonyl (C=O) groups is 1. The van der Waals surface area contributed by atoms with E-state index >= 15 is 0 Å². The molecule has 0 spiro atoms. The zero-order valence-corrected chi connectivity index (χ0v) is 17.1. The van der Waals surface area contributed by atoms with Crippen LogP contribution < -0.4 is 4.90 Å². The second-order valence-corrected chi connectivity index (χ2v) is 8.72. The van der Waals surface area contributed by atoms with E-state index < -0.39 is 0 Å². The van der Waals surface area contributed by atoms with Crippen molar-refractivity contribution in [3.63, 3.8) is 0 Å². The third-order valence-electron chi connectivity index (χ3n) is 4.79. The van der Waals surface area contributed by atoms with Crippen molar-refractivity contribution in [1.82, 2.24) is 14.8 Å². The number of amides is 1. The van der Waals surface area contributed by atoms with Crippen molar-refractivity contribution in [2.45, 2.75) is 44.1 Å². The molecule has 3 aromatic rings. The van der Waals surface area contributed by atoms with E-state index in [9.17, 15) is 4.79 Å². The van der Waals surface area contributed by atoms with Crippen molar-refractivity contribution in [1.29, 1.82) is 0 Å². The number of para-hydroxylation sites is 1. The molecule has 28 heavy (non-hydrogen) atoms. The summed E-state index contributed by atoms with van der Waals surface area (Å²) < 4.78 is 7.57. The fraction of sp³-hybridized carbons (Fsp3) is 0.381. The lowest BCUT2D eigenvalue weighted by atomic mass is 10.2. The highest BCUT2D eigenvalue weighted by Gasteiger charge is 2.30. The van der Waals surface area contributed by atoms with Crippen LogP contribution in [0, 0.1) is 5.92 Å². The van der Waals surface area contributed by atoms with Crippen LogP contribution in [0.25, 0.3) is 11.6 Å². The molecular weight excluding hydrogens is 372 g/mol. The first-order valence-electron chi connectivity index (χ1n) is 9.57. The summed E-state index contributed by atoms with van der Waals surface area (Å²) in [5.74, 6) is 1.91. The van der Waals surface area contributed by atoms with Gasteiger partial charge in [-0.05, 0) is 43.0 Å². The van der Waals surface area contributed by atoms with Gasteiger partial charge in [0.15, 0.2) is 16.7 Å². The van der Waals surface area contributed by atoms with Gasteiger partial charge in [-0.15, -0.1) is 10.2 Å². The molecular formula is C21H24N4O2S. The van der Waals surface area contributed by atoms with Crippen LogP contribution in [-0.2, 0) is 17.8 Å². The van der Waals surface area contributed by atoms with Gasteiger partial charge >= 0.3 is 0 Å². The number of hydrogen-bond donors (Lipinski definition) is 0. The summed E-state index contributed by atoms with van der Waals surface area (Å²) >= 11 is 1.46. The van der Waals surface area contributed by atoms with Gasteiger partial charge in [-0.3, -0.25) is 9.36 Å². The maximum absolute atomic E-state index is 13.1. The minimum atomic E-state index is -0.259. The summed E-state index contributed by atoms with van der Waals surface area (Å²) in [6.07, 6.45) is 2.54. The highest BCUT2D eigenvalue weighted by atomic mass is 32.2. The van der Waals surface area contributed by atoms with Gasteiger partial charge in [0.25, 0.3) is 0 Å². The number of anilines is 1. The lowest BCUT2D eigenvalue weighted by Crippen LogP contribution is -2.35. The Bertz CT molecular complexity index is 965. The Kier molecular flexibility index (Phi) is 5.26. The highest BCUT2D eigenvalue weighted by Crippen LogP contribution is 2.32. The fourth-order valence-electron chi connectivity index (χ4n) is 3.49. The summed E-state index contributed by atoms with van der Waals surface area (Å²) in [6, 6.07) is 11.8. The van der Waals surface area contributed by atoms with E-state index in [2.05, 4.69) is 34.7 Å². The number of fused-ring (bicyclic) bond motifs is 1. The van der Waals surface area contributed by atoms with Crippen molar-refractivity contribution in [3.8, 4) is 11.6 Å². The van der Waals surface area contributed by atoms with Crippen LogP contribution in [0.2, 0.25) is 0 Å². The molecule has 7 heteroatoms. The first-order chi connectivity index (χ1) is 13.5. The fourth-order valence-corrected chi connectivity index (χ4v) is 4.41. The summed E-state index contributed by atoms with van der Waals surface area (Å²) in [7, 11) is 0. The number of carbonyl (C=O) groups excluding carboxylic acids is 1. The number of benzene rings is 1. The predicted octanol–water partition coefficient (Wildman–Crippen LogP) is 4.26. The van der Waals surface area contributed by atoms with E-state index in [1.807, 2.05) is 42.2 Å². The molecule has 1 unspecified atom stereocenters. The highest BCUT2D eigenvalue weighted by molar-refractivity contribution is 8.00. The van der Waals surface area contributed by atoms with Crippen LogP contribution >= 0.6 is 11.8 Å². The smallest absolute Gasteiger partial charge is 0.240 e. The molecule has 0 saturated heterocycles. The molecule has 146 valence electrons. The van der Waals surface area contributed by atoms with Crippen molar-refractivity contribution >= 4 is 23.4 Å². The number of aromatic nitrogens is 3. The Morgan fingerprint density at radius 3 is 2.75 bits per heavy atom. The molecule has 0 bridgehead atoms. The Balaban J connectivity index is 1.56. The van der Waals surface area contributed by atoms with Crippen molar-refractivity contribution in [2.75, 3.05) is 11.4 Å².